The maximum Gasteiger partial charge on any atom is 0.0393 e. The van der Waals surface area contributed by atoms with Crippen LogP contribution in [0.4, 0.5) is 0 Å². The second-order valence-electron chi connectivity index (χ2n) is 2.89. The summed E-state index contributed by atoms with van der Waals surface area (Å²) in [4.78, 5) is 0. The minimum atomic E-state index is 0.606. The van der Waals surface area contributed by atoms with Gasteiger partial charge in [0.2, 0.25) is 0 Å². The van der Waals surface area contributed by atoms with Crippen LogP contribution in [0.1, 0.15) is 11.1 Å². The van der Waals surface area contributed by atoms with Gasteiger partial charge in [0.1, 0.15) is 0 Å². The number of rotatable bonds is 2. The van der Waals surface area contributed by atoms with Crippen LogP contribution in [0.3, 0.4) is 0 Å². The molecule has 0 spiro atoms. The molecule has 1 aromatic carbocycles. The second kappa shape index (κ2) is 3.32. The van der Waals surface area contributed by atoms with Crippen molar-refractivity contribution in [3.05, 3.63) is 41.3 Å². The topological polar surface area (TPSA) is 26.0 Å². The molecule has 1 aromatic heterocycles. The Kier molecular flexibility index (Phi) is 2.17. The average Bonchev–Trinajstić information content (AvgIpc) is 2.60. The summed E-state index contributed by atoms with van der Waals surface area (Å²) in [5.41, 5.74) is 8.07. The number of hydrogen-bond donors (Lipinski definition) is 1. The summed E-state index contributed by atoms with van der Waals surface area (Å²) in [6.07, 6.45) is 1.89. The predicted octanol–water partition coefficient (Wildman–Crippen LogP) is 3.00. The lowest BCUT2D eigenvalue weighted by molar-refractivity contribution is 1.09. The van der Waals surface area contributed by atoms with E-state index in [4.69, 9.17) is 5.73 Å². The van der Waals surface area contributed by atoms with Gasteiger partial charge in [0.05, 0.1) is 0 Å². The highest BCUT2D eigenvalue weighted by Crippen LogP contribution is 2.29. The number of hydrogen-bond acceptors (Lipinski definition) is 2. The smallest absolute Gasteiger partial charge is 0.0393 e. The molecule has 0 aliphatic rings. The van der Waals surface area contributed by atoms with Crippen LogP contribution in [0.15, 0.2) is 30.2 Å². The summed E-state index contributed by atoms with van der Waals surface area (Å²) in [6, 6.07) is 6.23. The number of benzene rings is 1. The first-order valence-corrected chi connectivity index (χ1v) is 5.06. The molecule has 0 saturated carbocycles. The summed E-state index contributed by atoms with van der Waals surface area (Å²) < 4.78 is 1.29. The van der Waals surface area contributed by atoms with E-state index < -0.39 is 0 Å². The normalized spacial score (nSPS) is 10.5. The highest BCUT2D eigenvalue weighted by Gasteiger charge is 2.03. The monoisotopic (exact) mass is 189 g/mol. The number of thiophene rings is 1. The Hall–Kier alpha value is -1.12. The van der Waals surface area contributed by atoms with E-state index in [-0.39, 0.29) is 0 Å². The van der Waals surface area contributed by atoms with Gasteiger partial charge in [-0.15, -0.1) is 11.3 Å². The van der Waals surface area contributed by atoms with Crippen molar-refractivity contribution in [2.45, 2.75) is 6.54 Å². The van der Waals surface area contributed by atoms with Gasteiger partial charge in [0.15, 0.2) is 0 Å². The van der Waals surface area contributed by atoms with E-state index in [0.717, 1.165) is 0 Å². The fourth-order valence-electron chi connectivity index (χ4n) is 1.46. The zero-order chi connectivity index (χ0) is 9.26. The van der Waals surface area contributed by atoms with Gasteiger partial charge in [-0.05, 0) is 21.9 Å². The molecule has 0 aliphatic carbocycles. The largest absolute Gasteiger partial charge is 0.326 e. The van der Waals surface area contributed by atoms with Crippen molar-refractivity contribution in [1.82, 2.24) is 0 Å². The summed E-state index contributed by atoms with van der Waals surface area (Å²) in [5.74, 6) is 0. The van der Waals surface area contributed by atoms with Crippen LogP contribution in [0.25, 0.3) is 16.2 Å². The third-order valence-electron chi connectivity index (χ3n) is 2.15. The lowest BCUT2D eigenvalue weighted by Gasteiger charge is -1.98. The van der Waals surface area contributed by atoms with Crippen molar-refractivity contribution in [3.63, 3.8) is 0 Å². The van der Waals surface area contributed by atoms with E-state index in [9.17, 15) is 0 Å². The molecular formula is C11H11NS. The van der Waals surface area contributed by atoms with E-state index in [1.807, 2.05) is 12.1 Å². The SMILES string of the molecule is C=Cc1csc2c(CN)cccc12. The van der Waals surface area contributed by atoms with Gasteiger partial charge < -0.3 is 5.73 Å². The number of nitrogens with two attached hydrogens (primary N) is 1. The lowest BCUT2D eigenvalue weighted by atomic mass is 10.1. The van der Waals surface area contributed by atoms with Gasteiger partial charge in [0.25, 0.3) is 0 Å². The maximum atomic E-state index is 5.65. The molecule has 0 amide bonds. The Morgan fingerprint density at radius 1 is 1.46 bits per heavy atom. The molecule has 13 heavy (non-hydrogen) atoms. The molecular weight excluding hydrogens is 178 g/mol. The summed E-state index contributed by atoms with van der Waals surface area (Å²) in [7, 11) is 0. The van der Waals surface area contributed by atoms with Crippen LogP contribution in [0.2, 0.25) is 0 Å². The Morgan fingerprint density at radius 2 is 2.31 bits per heavy atom. The van der Waals surface area contributed by atoms with E-state index in [2.05, 4.69) is 24.1 Å². The van der Waals surface area contributed by atoms with Gasteiger partial charge in [-0.25, -0.2) is 0 Å². The molecule has 0 saturated heterocycles. The van der Waals surface area contributed by atoms with Crippen molar-refractivity contribution in [2.75, 3.05) is 0 Å². The van der Waals surface area contributed by atoms with Gasteiger partial charge in [-0.1, -0.05) is 30.9 Å². The Labute approximate surface area is 81.5 Å². The van der Waals surface area contributed by atoms with Crippen LogP contribution in [0, 0.1) is 0 Å². The standard InChI is InChI=1S/C11H11NS/c1-2-8-7-13-11-9(6-12)4-3-5-10(8)11/h2-5,7H,1,6,12H2. The van der Waals surface area contributed by atoms with Crippen LogP contribution >= 0.6 is 11.3 Å². The molecule has 0 bridgehead atoms. The molecule has 1 nitrogen and oxygen atoms in total. The molecule has 2 N–H and O–H groups in total. The molecule has 2 heteroatoms. The van der Waals surface area contributed by atoms with E-state index in [0.29, 0.717) is 6.54 Å². The first kappa shape index (κ1) is 8.48. The molecule has 2 aromatic rings. The van der Waals surface area contributed by atoms with Crippen molar-refractivity contribution >= 4 is 27.5 Å². The summed E-state index contributed by atoms with van der Waals surface area (Å²) >= 11 is 1.74. The highest BCUT2D eigenvalue weighted by atomic mass is 32.1. The van der Waals surface area contributed by atoms with E-state index >= 15 is 0 Å². The summed E-state index contributed by atoms with van der Waals surface area (Å²) in [5, 5.41) is 3.39. The quantitative estimate of drug-likeness (QED) is 0.772. The van der Waals surface area contributed by atoms with Crippen molar-refractivity contribution in [3.8, 4) is 0 Å². The first-order chi connectivity index (χ1) is 6.36. The molecule has 0 atom stereocenters. The van der Waals surface area contributed by atoms with E-state index in [1.165, 1.54) is 21.2 Å². The fourth-order valence-corrected chi connectivity index (χ4v) is 2.54. The van der Waals surface area contributed by atoms with Crippen LogP contribution in [0.5, 0.6) is 0 Å². The third kappa shape index (κ3) is 1.28. The predicted molar refractivity (Wildman–Crippen MR) is 59.8 cm³/mol. The van der Waals surface area contributed by atoms with Crippen LogP contribution < -0.4 is 5.73 Å². The molecule has 2 rings (SSSR count). The fraction of sp³-hybridized carbons (Fsp3) is 0.0909. The zero-order valence-electron chi connectivity index (χ0n) is 7.29. The molecule has 0 radical (unpaired) electrons. The third-order valence-corrected chi connectivity index (χ3v) is 3.24. The van der Waals surface area contributed by atoms with E-state index in [1.54, 1.807) is 11.3 Å². The van der Waals surface area contributed by atoms with Gasteiger partial charge in [0, 0.05) is 11.2 Å². The molecule has 66 valence electrons. The maximum absolute atomic E-state index is 5.65. The van der Waals surface area contributed by atoms with Gasteiger partial charge >= 0.3 is 0 Å². The zero-order valence-corrected chi connectivity index (χ0v) is 8.10. The highest BCUT2D eigenvalue weighted by molar-refractivity contribution is 7.17. The number of fused-ring (bicyclic) bond motifs is 1. The molecule has 0 unspecified atom stereocenters. The van der Waals surface area contributed by atoms with Crippen LogP contribution in [-0.4, -0.2) is 0 Å². The van der Waals surface area contributed by atoms with Crippen molar-refractivity contribution < 1.29 is 0 Å². The minimum Gasteiger partial charge on any atom is -0.326 e. The molecule has 0 aliphatic heterocycles. The average molecular weight is 189 g/mol. The molecule has 1 heterocycles. The minimum absolute atomic E-state index is 0.606. The Bertz CT molecular complexity index is 442. The second-order valence-corrected chi connectivity index (χ2v) is 3.77. The van der Waals surface area contributed by atoms with Gasteiger partial charge in [-0.3, -0.25) is 0 Å². The van der Waals surface area contributed by atoms with Gasteiger partial charge in [-0.2, -0.15) is 0 Å². The molecule has 0 fully saturated rings. The Morgan fingerprint density at radius 3 is 3.00 bits per heavy atom. The lowest BCUT2D eigenvalue weighted by Crippen LogP contribution is -1.95. The van der Waals surface area contributed by atoms with Crippen LogP contribution in [-0.2, 0) is 6.54 Å². The summed E-state index contributed by atoms with van der Waals surface area (Å²) in [6.45, 7) is 4.39. The van der Waals surface area contributed by atoms with Crippen molar-refractivity contribution in [2.24, 2.45) is 5.73 Å². The van der Waals surface area contributed by atoms with Crippen molar-refractivity contribution in [1.29, 1.82) is 0 Å². The Balaban J connectivity index is 2.79. The first-order valence-electron chi connectivity index (χ1n) is 4.18.